The Balaban J connectivity index is 1.43. The topological polar surface area (TPSA) is 70.7 Å². The van der Waals surface area contributed by atoms with E-state index in [1.165, 1.54) is 12.7 Å². The van der Waals surface area contributed by atoms with Gasteiger partial charge in [0.2, 0.25) is 0 Å². The molecule has 0 unspecified atom stereocenters. The fourth-order valence-electron chi connectivity index (χ4n) is 3.95. The zero-order valence-electron chi connectivity index (χ0n) is 16.2. The number of carbonyl (C=O) groups is 2. The first-order valence-corrected chi connectivity index (χ1v) is 10.1. The minimum atomic E-state index is -0.129. The van der Waals surface area contributed by atoms with Crippen molar-refractivity contribution in [1.29, 1.82) is 0 Å². The second-order valence-electron chi connectivity index (χ2n) is 7.58. The van der Waals surface area contributed by atoms with Crippen LogP contribution in [0.2, 0.25) is 0 Å². The Bertz CT molecular complexity index is 618. The van der Waals surface area contributed by atoms with E-state index in [1.807, 2.05) is 12.1 Å². The molecule has 2 N–H and O–H groups in total. The molecule has 1 aliphatic heterocycles. The molecular weight excluding hydrogens is 342 g/mol. The minimum absolute atomic E-state index is 0.0156. The first-order chi connectivity index (χ1) is 13.2. The van der Waals surface area contributed by atoms with E-state index in [0.717, 1.165) is 64.8 Å². The van der Waals surface area contributed by atoms with E-state index >= 15 is 0 Å². The standard InChI is InChI=1S/C21H31N3O3/c1-27-21(26)18-6-8-19(9-7-18)23-20(25)17-4-2-16(3-5-17)10-13-24-14-11-22-12-15-24/h2-5,18-19,22H,6-15H2,1H3,(H,23,25). The highest BCUT2D eigenvalue weighted by Crippen LogP contribution is 2.25. The Morgan fingerprint density at radius 1 is 1.11 bits per heavy atom. The van der Waals surface area contributed by atoms with Crippen LogP contribution in [0.5, 0.6) is 0 Å². The van der Waals surface area contributed by atoms with Crippen molar-refractivity contribution in [3.05, 3.63) is 35.4 Å². The van der Waals surface area contributed by atoms with Gasteiger partial charge in [-0.1, -0.05) is 12.1 Å². The molecule has 2 fully saturated rings. The number of hydrogen-bond acceptors (Lipinski definition) is 5. The third kappa shape index (κ3) is 5.78. The van der Waals surface area contributed by atoms with E-state index in [9.17, 15) is 9.59 Å². The van der Waals surface area contributed by atoms with E-state index in [4.69, 9.17) is 4.74 Å². The maximum atomic E-state index is 12.5. The van der Waals surface area contributed by atoms with Gasteiger partial charge in [-0.15, -0.1) is 0 Å². The molecule has 1 saturated heterocycles. The molecule has 6 heteroatoms. The number of carbonyl (C=O) groups excluding carboxylic acids is 2. The lowest BCUT2D eigenvalue weighted by molar-refractivity contribution is -0.146. The maximum absolute atomic E-state index is 12.5. The highest BCUT2D eigenvalue weighted by atomic mass is 16.5. The van der Waals surface area contributed by atoms with Crippen LogP contribution in [0.4, 0.5) is 0 Å². The molecule has 1 amide bonds. The lowest BCUT2D eigenvalue weighted by atomic mass is 9.86. The zero-order valence-corrected chi connectivity index (χ0v) is 16.2. The molecule has 1 saturated carbocycles. The predicted molar refractivity (Wildman–Crippen MR) is 105 cm³/mol. The van der Waals surface area contributed by atoms with Gasteiger partial charge in [-0.25, -0.2) is 0 Å². The van der Waals surface area contributed by atoms with E-state index in [-0.39, 0.29) is 23.8 Å². The van der Waals surface area contributed by atoms with Crippen molar-refractivity contribution in [2.24, 2.45) is 5.92 Å². The number of nitrogens with one attached hydrogen (secondary N) is 2. The molecule has 0 radical (unpaired) electrons. The monoisotopic (exact) mass is 373 g/mol. The van der Waals surface area contributed by atoms with Gasteiger partial charge in [0, 0.05) is 44.3 Å². The normalized spacial score (nSPS) is 23.6. The van der Waals surface area contributed by atoms with Gasteiger partial charge in [-0.2, -0.15) is 0 Å². The van der Waals surface area contributed by atoms with Crippen LogP contribution in [0.15, 0.2) is 24.3 Å². The Hall–Kier alpha value is -1.92. The van der Waals surface area contributed by atoms with E-state index < -0.39 is 0 Å². The second-order valence-corrected chi connectivity index (χ2v) is 7.58. The predicted octanol–water partition coefficient (Wildman–Crippen LogP) is 1.60. The molecule has 1 aromatic rings. The molecule has 2 aliphatic rings. The average molecular weight is 373 g/mol. The van der Waals surface area contributed by atoms with Crippen LogP contribution in [0, 0.1) is 5.92 Å². The number of methoxy groups -OCH3 is 1. The van der Waals surface area contributed by atoms with Crippen LogP contribution in [-0.2, 0) is 16.0 Å². The Morgan fingerprint density at radius 2 is 1.78 bits per heavy atom. The molecule has 0 spiro atoms. The lowest BCUT2D eigenvalue weighted by Crippen LogP contribution is -2.44. The minimum Gasteiger partial charge on any atom is -0.469 e. The van der Waals surface area contributed by atoms with Crippen molar-refractivity contribution in [1.82, 2.24) is 15.5 Å². The Morgan fingerprint density at radius 3 is 2.41 bits per heavy atom. The van der Waals surface area contributed by atoms with Gasteiger partial charge in [0.15, 0.2) is 0 Å². The number of ether oxygens (including phenoxy) is 1. The van der Waals surface area contributed by atoms with Crippen molar-refractivity contribution in [2.45, 2.75) is 38.1 Å². The summed E-state index contributed by atoms with van der Waals surface area (Å²) in [6.07, 6.45) is 4.23. The first kappa shape index (κ1) is 19.8. The molecule has 0 atom stereocenters. The fourth-order valence-corrected chi connectivity index (χ4v) is 3.95. The van der Waals surface area contributed by atoms with Crippen LogP contribution in [0.1, 0.15) is 41.6 Å². The first-order valence-electron chi connectivity index (χ1n) is 10.1. The van der Waals surface area contributed by atoms with E-state index in [0.29, 0.717) is 5.56 Å². The maximum Gasteiger partial charge on any atom is 0.308 e. The van der Waals surface area contributed by atoms with Crippen LogP contribution in [0.25, 0.3) is 0 Å². The second kappa shape index (κ2) is 9.85. The summed E-state index contributed by atoms with van der Waals surface area (Å²) in [4.78, 5) is 26.5. The fraction of sp³-hybridized carbons (Fsp3) is 0.619. The quantitative estimate of drug-likeness (QED) is 0.741. The summed E-state index contributed by atoms with van der Waals surface area (Å²) < 4.78 is 4.81. The van der Waals surface area contributed by atoms with Crippen molar-refractivity contribution in [2.75, 3.05) is 39.8 Å². The summed E-state index contributed by atoms with van der Waals surface area (Å²) in [7, 11) is 1.43. The lowest BCUT2D eigenvalue weighted by Gasteiger charge is -2.27. The van der Waals surface area contributed by atoms with Crippen LogP contribution >= 0.6 is 0 Å². The number of amides is 1. The summed E-state index contributed by atoms with van der Waals surface area (Å²) in [6, 6.07) is 8.10. The van der Waals surface area contributed by atoms with Gasteiger partial charge >= 0.3 is 5.97 Å². The molecule has 27 heavy (non-hydrogen) atoms. The number of esters is 1. The van der Waals surface area contributed by atoms with Crippen LogP contribution in [-0.4, -0.2) is 62.7 Å². The highest BCUT2D eigenvalue weighted by molar-refractivity contribution is 5.94. The SMILES string of the molecule is COC(=O)C1CCC(NC(=O)c2ccc(CCN3CCNCC3)cc2)CC1. The number of nitrogens with zero attached hydrogens (tertiary/aromatic N) is 1. The largest absolute Gasteiger partial charge is 0.469 e. The van der Waals surface area contributed by atoms with E-state index in [2.05, 4.69) is 27.7 Å². The van der Waals surface area contributed by atoms with Gasteiger partial charge in [0.25, 0.3) is 5.91 Å². The molecule has 6 nitrogen and oxygen atoms in total. The zero-order chi connectivity index (χ0) is 19.1. The number of piperazine rings is 1. The van der Waals surface area contributed by atoms with Crippen LogP contribution in [0.3, 0.4) is 0 Å². The van der Waals surface area contributed by atoms with Gasteiger partial charge in [-0.3, -0.25) is 9.59 Å². The Kier molecular flexibility index (Phi) is 7.24. The van der Waals surface area contributed by atoms with Crippen molar-refractivity contribution >= 4 is 11.9 Å². The van der Waals surface area contributed by atoms with Crippen LogP contribution < -0.4 is 10.6 Å². The average Bonchev–Trinajstić information content (AvgIpc) is 2.73. The van der Waals surface area contributed by atoms with Crippen molar-refractivity contribution in [3.8, 4) is 0 Å². The van der Waals surface area contributed by atoms with Gasteiger partial charge in [-0.05, 0) is 49.8 Å². The highest BCUT2D eigenvalue weighted by Gasteiger charge is 2.27. The molecule has 0 aromatic heterocycles. The van der Waals surface area contributed by atoms with Gasteiger partial charge in [0.05, 0.1) is 13.0 Å². The van der Waals surface area contributed by atoms with E-state index in [1.54, 1.807) is 0 Å². The molecule has 1 heterocycles. The van der Waals surface area contributed by atoms with Crippen molar-refractivity contribution < 1.29 is 14.3 Å². The van der Waals surface area contributed by atoms with Crippen molar-refractivity contribution in [3.63, 3.8) is 0 Å². The molecule has 148 valence electrons. The molecular formula is C21H31N3O3. The summed E-state index contributed by atoms with van der Waals surface area (Å²) in [5.41, 5.74) is 1.97. The third-order valence-electron chi connectivity index (χ3n) is 5.74. The summed E-state index contributed by atoms with van der Waals surface area (Å²) in [5.74, 6) is -0.167. The smallest absolute Gasteiger partial charge is 0.308 e. The number of rotatable bonds is 6. The van der Waals surface area contributed by atoms with Gasteiger partial charge in [0.1, 0.15) is 0 Å². The number of benzene rings is 1. The molecule has 1 aliphatic carbocycles. The molecule has 1 aromatic carbocycles. The summed E-state index contributed by atoms with van der Waals surface area (Å²) in [5, 5.41) is 6.48. The third-order valence-corrected chi connectivity index (χ3v) is 5.74. The molecule has 0 bridgehead atoms. The van der Waals surface area contributed by atoms with Gasteiger partial charge < -0.3 is 20.3 Å². The summed E-state index contributed by atoms with van der Waals surface area (Å²) >= 11 is 0. The molecule has 3 rings (SSSR count). The summed E-state index contributed by atoms with van der Waals surface area (Å²) in [6.45, 7) is 5.43. The Labute approximate surface area is 161 Å². The number of hydrogen-bond donors (Lipinski definition) is 2.